The van der Waals surface area contributed by atoms with E-state index in [0.29, 0.717) is 5.92 Å². The van der Waals surface area contributed by atoms with Gasteiger partial charge >= 0.3 is 0 Å². The molecule has 3 heteroatoms. The molecule has 0 unspecified atom stereocenters. The van der Waals surface area contributed by atoms with Gasteiger partial charge in [0.2, 0.25) is 0 Å². The van der Waals surface area contributed by atoms with E-state index in [2.05, 4.69) is 47.7 Å². The predicted molar refractivity (Wildman–Crippen MR) is 80.8 cm³/mol. The highest BCUT2D eigenvalue weighted by molar-refractivity contribution is 9.10. The van der Waals surface area contributed by atoms with Crippen LogP contribution in [0.2, 0.25) is 0 Å². The number of nitriles is 1. The second-order valence-corrected chi connectivity index (χ2v) is 5.41. The van der Waals surface area contributed by atoms with Gasteiger partial charge in [0, 0.05) is 17.6 Å². The van der Waals surface area contributed by atoms with Gasteiger partial charge in [-0.3, -0.25) is 0 Å². The van der Waals surface area contributed by atoms with E-state index in [0.717, 1.165) is 28.8 Å². The fourth-order valence-electron chi connectivity index (χ4n) is 2.13. The molecule has 0 saturated carbocycles. The number of halogens is 1. The summed E-state index contributed by atoms with van der Waals surface area (Å²) in [4.78, 5) is 2.31. The summed E-state index contributed by atoms with van der Waals surface area (Å²) in [6.07, 6.45) is 2.37. The third-order valence-corrected chi connectivity index (χ3v) is 3.93. The minimum Gasteiger partial charge on any atom is -0.370 e. The van der Waals surface area contributed by atoms with Crippen LogP contribution in [0.4, 0.5) is 5.69 Å². The number of rotatable bonds is 6. The second kappa shape index (κ2) is 7.43. The zero-order valence-electron chi connectivity index (χ0n) is 11.4. The minimum atomic E-state index is 0.695. The van der Waals surface area contributed by atoms with Gasteiger partial charge in [0.1, 0.15) is 6.07 Å². The van der Waals surface area contributed by atoms with Crippen LogP contribution in [0.1, 0.15) is 39.2 Å². The van der Waals surface area contributed by atoms with Crippen LogP contribution in [-0.4, -0.2) is 13.1 Å². The van der Waals surface area contributed by atoms with Gasteiger partial charge < -0.3 is 4.90 Å². The Bertz CT molecular complexity index is 419. The van der Waals surface area contributed by atoms with Gasteiger partial charge in [-0.25, -0.2) is 0 Å². The summed E-state index contributed by atoms with van der Waals surface area (Å²) in [6.45, 7) is 8.57. The van der Waals surface area contributed by atoms with E-state index in [9.17, 15) is 5.26 Å². The molecule has 0 radical (unpaired) electrons. The van der Waals surface area contributed by atoms with E-state index in [1.54, 1.807) is 0 Å². The molecule has 0 atom stereocenters. The second-order valence-electron chi connectivity index (χ2n) is 4.49. The zero-order valence-corrected chi connectivity index (χ0v) is 13.0. The lowest BCUT2D eigenvalue weighted by Gasteiger charge is -2.28. The van der Waals surface area contributed by atoms with Crippen molar-refractivity contribution in [2.24, 2.45) is 5.92 Å². The SMILES string of the molecule is CCC(CC)CN(CC)c1ccc(Br)cc1C#N. The molecule has 0 aliphatic rings. The highest BCUT2D eigenvalue weighted by Crippen LogP contribution is 2.25. The van der Waals surface area contributed by atoms with Crippen molar-refractivity contribution in [2.45, 2.75) is 33.6 Å². The van der Waals surface area contributed by atoms with Gasteiger partial charge in [0.15, 0.2) is 0 Å². The van der Waals surface area contributed by atoms with Crippen molar-refractivity contribution in [3.05, 3.63) is 28.2 Å². The van der Waals surface area contributed by atoms with Crippen LogP contribution >= 0.6 is 15.9 Å². The fraction of sp³-hybridized carbons (Fsp3) is 0.533. The fourth-order valence-corrected chi connectivity index (χ4v) is 2.49. The molecule has 0 bridgehead atoms. The molecule has 18 heavy (non-hydrogen) atoms. The van der Waals surface area contributed by atoms with E-state index in [-0.39, 0.29) is 0 Å². The molecule has 0 spiro atoms. The van der Waals surface area contributed by atoms with Crippen LogP contribution in [0, 0.1) is 17.2 Å². The Hall–Kier alpha value is -1.01. The maximum atomic E-state index is 9.24. The Balaban J connectivity index is 2.98. The summed E-state index contributed by atoms with van der Waals surface area (Å²) < 4.78 is 0.960. The van der Waals surface area contributed by atoms with Crippen LogP contribution < -0.4 is 4.90 Å². The van der Waals surface area contributed by atoms with Crippen LogP contribution in [0.3, 0.4) is 0 Å². The molecule has 2 nitrogen and oxygen atoms in total. The molecule has 0 saturated heterocycles. The monoisotopic (exact) mass is 308 g/mol. The molecule has 0 aliphatic heterocycles. The van der Waals surface area contributed by atoms with E-state index >= 15 is 0 Å². The third-order valence-electron chi connectivity index (χ3n) is 3.43. The number of hydrogen-bond acceptors (Lipinski definition) is 2. The Morgan fingerprint density at radius 2 is 1.94 bits per heavy atom. The van der Waals surface area contributed by atoms with E-state index < -0.39 is 0 Å². The minimum absolute atomic E-state index is 0.695. The number of nitrogens with zero attached hydrogens (tertiary/aromatic N) is 2. The Kier molecular flexibility index (Phi) is 6.21. The van der Waals surface area contributed by atoms with Crippen molar-refractivity contribution in [1.82, 2.24) is 0 Å². The first-order chi connectivity index (χ1) is 8.65. The van der Waals surface area contributed by atoms with Gasteiger partial charge in [-0.15, -0.1) is 0 Å². The Morgan fingerprint density at radius 3 is 2.44 bits per heavy atom. The number of benzene rings is 1. The summed E-state index contributed by atoms with van der Waals surface area (Å²) in [5.74, 6) is 0.695. The third kappa shape index (κ3) is 3.74. The van der Waals surface area contributed by atoms with Crippen LogP contribution in [0.25, 0.3) is 0 Å². The predicted octanol–water partition coefficient (Wildman–Crippen LogP) is 4.58. The molecule has 98 valence electrons. The molecule has 1 aromatic rings. The first-order valence-electron chi connectivity index (χ1n) is 6.60. The lowest BCUT2D eigenvalue weighted by Crippen LogP contribution is -2.29. The summed E-state index contributed by atoms with van der Waals surface area (Å²) in [5.41, 5.74) is 1.80. The van der Waals surface area contributed by atoms with Gasteiger partial charge in [-0.2, -0.15) is 5.26 Å². The molecule has 0 heterocycles. The smallest absolute Gasteiger partial charge is 0.101 e. The van der Waals surface area contributed by atoms with Gasteiger partial charge in [0.05, 0.1) is 11.3 Å². The summed E-state index contributed by atoms with van der Waals surface area (Å²) in [7, 11) is 0. The van der Waals surface area contributed by atoms with E-state index in [4.69, 9.17) is 0 Å². The van der Waals surface area contributed by atoms with Crippen molar-refractivity contribution in [3.8, 4) is 6.07 Å². The maximum Gasteiger partial charge on any atom is 0.101 e. The first-order valence-corrected chi connectivity index (χ1v) is 7.40. The molecule has 0 aliphatic carbocycles. The topological polar surface area (TPSA) is 27.0 Å². The molecule has 0 N–H and O–H groups in total. The first kappa shape index (κ1) is 15.0. The molecule has 0 fully saturated rings. The lowest BCUT2D eigenvalue weighted by molar-refractivity contribution is 0.486. The summed E-state index contributed by atoms with van der Waals surface area (Å²) >= 11 is 3.42. The van der Waals surface area contributed by atoms with E-state index in [1.807, 2.05) is 18.2 Å². The van der Waals surface area contributed by atoms with Crippen LogP contribution in [-0.2, 0) is 0 Å². The molecule has 1 rings (SSSR count). The highest BCUT2D eigenvalue weighted by Gasteiger charge is 2.14. The van der Waals surface area contributed by atoms with Crippen molar-refractivity contribution >= 4 is 21.6 Å². The summed E-state index contributed by atoms with van der Waals surface area (Å²) in [5, 5.41) is 9.24. The lowest BCUT2D eigenvalue weighted by atomic mass is 10.0. The average molecular weight is 309 g/mol. The van der Waals surface area contributed by atoms with Crippen molar-refractivity contribution < 1.29 is 0 Å². The normalized spacial score (nSPS) is 10.4. The van der Waals surface area contributed by atoms with Gasteiger partial charge in [0.25, 0.3) is 0 Å². The number of anilines is 1. The standard InChI is InChI=1S/C15H21BrN2/c1-4-12(5-2)11-18(6-3)15-8-7-14(16)9-13(15)10-17/h7-9,12H,4-6,11H2,1-3H3. The zero-order chi connectivity index (χ0) is 13.5. The van der Waals surface area contributed by atoms with Crippen molar-refractivity contribution in [3.63, 3.8) is 0 Å². The number of hydrogen-bond donors (Lipinski definition) is 0. The molecular weight excluding hydrogens is 288 g/mol. The van der Waals surface area contributed by atoms with E-state index in [1.165, 1.54) is 12.8 Å². The Morgan fingerprint density at radius 1 is 1.28 bits per heavy atom. The molecule has 0 amide bonds. The summed E-state index contributed by atoms with van der Waals surface area (Å²) in [6, 6.07) is 8.22. The van der Waals surface area contributed by atoms with Crippen LogP contribution in [0.5, 0.6) is 0 Å². The largest absolute Gasteiger partial charge is 0.370 e. The van der Waals surface area contributed by atoms with Crippen molar-refractivity contribution in [1.29, 1.82) is 5.26 Å². The highest BCUT2D eigenvalue weighted by atomic mass is 79.9. The molecule has 1 aromatic carbocycles. The quantitative estimate of drug-likeness (QED) is 0.769. The van der Waals surface area contributed by atoms with Crippen molar-refractivity contribution in [2.75, 3.05) is 18.0 Å². The van der Waals surface area contributed by atoms with Gasteiger partial charge in [-0.05, 0) is 31.0 Å². The molecular formula is C15H21BrN2. The Labute approximate surface area is 119 Å². The van der Waals surface area contributed by atoms with Gasteiger partial charge in [-0.1, -0.05) is 42.6 Å². The average Bonchev–Trinajstić information content (AvgIpc) is 2.41. The molecule has 0 aromatic heterocycles. The van der Waals surface area contributed by atoms with Crippen LogP contribution in [0.15, 0.2) is 22.7 Å². The maximum absolute atomic E-state index is 9.24.